The van der Waals surface area contributed by atoms with Crippen LogP contribution in [-0.2, 0) is 15.0 Å². The third-order valence-electron chi connectivity index (χ3n) is 3.66. The molecule has 0 aliphatic heterocycles. The van der Waals surface area contributed by atoms with Crippen LogP contribution in [0.2, 0.25) is 0 Å². The fraction of sp³-hybridized carbons (Fsp3) is 0.917. The summed E-state index contributed by atoms with van der Waals surface area (Å²) < 4.78 is 28.1. The molecule has 1 fully saturated rings. The van der Waals surface area contributed by atoms with E-state index in [2.05, 4.69) is 9.44 Å². The van der Waals surface area contributed by atoms with Crippen LogP contribution in [0.4, 0.5) is 0 Å². The summed E-state index contributed by atoms with van der Waals surface area (Å²) >= 11 is 0. The van der Waals surface area contributed by atoms with E-state index >= 15 is 0 Å². The summed E-state index contributed by atoms with van der Waals surface area (Å²) in [5, 5.41) is 9.43. The second-order valence-electron chi connectivity index (χ2n) is 5.22. The van der Waals surface area contributed by atoms with Crippen molar-refractivity contribution < 1.29 is 18.3 Å². The average Bonchev–Trinajstić information content (AvgIpc) is 2.61. The van der Waals surface area contributed by atoms with E-state index < -0.39 is 21.6 Å². The maximum absolute atomic E-state index is 11.7. The lowest BCUT2D eigenvalue weighted by Gasteiger charge is -2.28. The molecular formula is C12H24N2O4S. The van der Waals surface area contributed by atoms with Crippen LogP contribution in [0.25, 0.3) is 0 Å². The van der Waals surface area contributed by atoms with Crippen LogP contribution in [0.3, 0.4) is 0 Å². The molecule has 0 atom stereocenters. The summed E-state index contributed by atoms with van der Waals surface area (Å²) in [5.74, 6) is -0.896. The van der Waals surface area contributed by atoms with Gasteiger partial charge in [-0.1, -0.05) is 32.6 Å². The van der Waals surface area contributed by atoms with E-state index in [1.165, 1.54) is 0 Å². The van der Waals surface area contributed by atoms with E-state index in [0.717, 1.165) is 25.7 Å². The van der Waals surface area contributed by atoms with Gasteiger partial charge in [-0.3, -0.25) is 4.79 Å². The fourth-order valence-electron chi connectivity index (χ4n) is 2.39. The van der Waals surface area contributed by atoms with Gasteiger partial charge in [0.25, 0.3) is 10.2 Å². The average molecular weight is 292 g/mol. The van der Waals surface area contributed by atoms with Gasteiger partial charge in [0.2, 0.25) is 0 Å². The summed E-state index contributed by atoms with van der Waals surface area (Å²) in [6, 6.07) is 0. The molecule has 0 heterocycles. The van der Waals surface area contributed by atoms with Crippen molar-refractivity contribution in [1.29, 1.82) is 0 Å². The summed E-state index contributed by atoms with van der Waals surface area (Å²) in [7, 11) is -3.59. The van der Waals surface area contributed by atoms with Crippen molar-refractivity contribution in [3.05, 3.63) is 0 Å². The Labute approximate surface area is 115 Å². The lowest BCUT2D eigenvalue weighted by atomic mass is 9.80. The highest BCUT2D eigenvalue weighted by molar-refractivity contribution is 7.87. The van der Waals surface area contributed by atoms with Crippen molar-refractivity contribution >= 4 is 16.2 Å². The predicted molar refractivity (Wildman–Crippen MR) is 73.0 cm³/mol. The summed E-state index contributed by atoms with van der Waals surface area (Å²) in [6.07, 6.45) is 5.51. The summed E-state index contributed by atoms with van der Waals surface area (Å²) in [4.78, 5) is 11.5. The van der Waals surface area contributed by atoms with Crippen molar-refractivity contribution in [3.8, 4) is 0 Å². The number of hydrogen-bond acceptors (Lipinski definition) is 3. The lowest BCUT2D eigenvalue weighted by molar-refractivity contribution is -0.149. The third-order valence-corrected chi connectivity index (χ3v) is 4.77. The van der Waals surface area contributed by atoms with E-state index in [9.17, 15) is 18.3 Å². The SMILES string of the molecule is CCCNS(=O)(=O)NCC1(C(=O)O)CCCCCC1. The van der Waals surface area contributed by atoms with Gasteiger partial charge < -0.3 is 5.11 Å². The molecule has 0 unspecified atom stereocenters. The number of carboxylic acid groups (broad SMARTS) is 1. The first kappa shape index (κ1) is 16.4. The molecule has 0 radical (unpaired) electrons. The topological polar surface area (TPSA) is 95.5 Å². The Morgan fingerprint density at radius 3 is 2.21 bits per heavy atom. The number of carbonyl (C=O) groups is 1. The molecule has 19 heavy (non-hydrogen) atoms. The smallest absolute Gasteiger partial charge is 0.310 e. The van der Waals surface area contributed by atoms with Crippen molar-refractivity contribution in [2.24, 2.45) is 5.41 Å². The molecule has 0 spiro atoms. The van der Waals surface area contributed by atoms with Gasteiger partial charge >= 0.3 is 5.97 Å². The number of aliphatic carboxylic acids is 1. The Morgan fingerprint density at radius 1 is 1.16 bits per heavy atom. The van der Waals surface area contributed by atoms with Gasteiger partial charge in [0, 0.05) is 13.1 Å². The molecule has 1 saturated carbocycles. The molecule has 1 aliphatic rings. The van der Waals surface area contributed by atoms with Crippen LogP contribution in [0.1, 0.15) is 51.9 Å². The van der Waals surface area contributed by atoms with Gasteiger partial charge in [0.15, 0.2) is 0 Å². The number of nitrogens with one attached hydrogen (secondary N) is 2. The molecule has 0 aromatic heterocycles. The first-order valence-corrected chi connectivity index (χ1v) is 8.38. The molecule has 112 valence electrons. The fourth-order valence-corrected chi connectivity index (χ4v) is 3.43. The predicted octanol–water partition coefficient (Wildman–Crippen LogP) is 1.25. The zero-order chi connectivity index (χ0) is 14.4. The van der Waals surface area contributed by atoms with E-state index in [1.807, 2.05) is 6.92 Å². The van der Waals surface area contributed by atoms with Crippen LogP contribution < -0.4 is 9.44 Å². The monoisotopic (exact) mass is 292 g/mol. The van der Waals surface area contributed by atoms with E-state index in [4.69, 9.17) is 0 Å². The first-order valence-electron chi connectivity index (χ1n) is 6.89. The molecule has 6 nitrogen and oxygen atoms in total. The van der Waals surface area contributed by atoms with Gasteiger partial charge in [-0.25, -0.2) is 9.44 Å². The van der Waals surface area contributed by atoms with Crippen LogP contribution in [0, 0.1) is 5.41 Å². The van der Waals surface area contributed by atoms with Gasteiger partial charge in [-0.2, -0.15) is 8.42 Å². The van der Waals surface area contributed by atoms with Crippen molar-refractivity contribution in [3.63, 3.8) is 0 Å². The first-order chi connectivity index (χ1) is 8.92. The Kier molecular flexibility index (Phi) is 6.22. The van der Waals surface area contributed by atoms with Crippen LogP contribution in [0.15, 0.2) is 0 Å². The molecule has 1 aliphatic carbocycles. The largest absolute Gasteiger partial charge is 0.481 e. The van der Waals surface area contributed by atoms with Crippen LogP contribution in [-0.4, -0.2) is 32.6 Å². The third kappa shape index (κ3) is 5.08. The van der Waals surface area contributed by atoms with Gasteiger partial charge in [0.05, 0.1) is 5.41 Å². The molecule has 7 heteroatoms. The molecular weight excluding hydrogens is 268 g/mol. The molecule has 0 bridgehead atoms. The van der Waals surface area contributed by atoms with Crippen LogP contribution >= 0.6 is 0 Å². The normalized spacial score (nSPS) is 19.8. The second kappa shape index (κ2) is 7.21. The minimum Gasteiger partial charge on any atom is -0.481 e. The Balaban J connectivity index is 2.66. The van der Waals surface area contributed by atoms with Gasteiger partial charge in [-0.05, 0) is 19.3 Å². The number of carboxylic acids is 1. The van der Waals surface area contributed by atoms with E-state index in [1.54, 1.807) is 0 Å². The molecule has 1 rings (SSSR count). The van der Waals surface area contributed by atoms with Gasteiger partial charge in [-0.15, -0.1) is 0 Å². The maximum atomic E-state index is 11.7. The highest BCUT2D eigenvalue weighted by Crippen LogP contribution is 2.34. The molecule has 0 saturated heterocycles. The standard InChI is InChI=1S/C12H24N2O4S/c1-2-9-13-19(17,18)14-10-12(11(15)16)7-5-3-4-6-8-12/h13-14H,2-10H2,1H3,(H,15,16). The van der Waals surface area contributed by atoms with Crippen LogP contribution in [0.5, 0.6) is 0 Å². The van der Waals surface area contributed by atoms with Crippen molar-refractivity contribution in [2.75, 3.05) is 13.1 Å². The zero-order valence-corrected chi connectivity index (χ0v) is 12.3. The zero-order valence-electron chi connectivity index (χ0n) is 11.4. The minimum atomic E-state index is -3.59. The van der Waals surface area contributed by atoms with E-state index in [0.29, 0.717) is 25.8 Å². The summed E-state index contributed by atoms with van der Waals surface area (Å²) in [6.45, 7) is 2.20. The Hall–Kier alpha value is -0.660. The van der Waals surface area contributed by atoms with E-state index in [-0.39, 0.29) is 6.54 Å². The number of rotatable bonds is 7. The molecule has 3 N–H and O–H groups in total. The molecule has 0 aromatic rings. The maximum Gasteiger partial charge on any atom is 0.310 e. The lowest BCUT2D eigenvalue weighted by Crippen LogP contribution is -2.46. The molecule has 0 aromatic carbocycles. The quantitative estimate of drug-likeness (QED) is 0.615. The van der Waals surface area contributed by atoms with Crippen molar-refractivity contribution in [1.82, 2.24) is 9.44 Å². The summed E-state index contributed by atoms with van der Waals surface area (Å²) in [5.41, 5.74) is -0.947. The highest BCUT2D eigenvalue weighted by atomic mass is 32.2. The highest BCUT2D eigenvalue weighted by Gasteiger charge is 2.39. The Morgan fingerprint density at radius 2 is 1.74 bits per heavy atom. The molecule has 0 amide bonds. The number of hydrogen-bond donors (Lipinski definition) is 3. The van der Waals surface area contributed by atoms with Gasteiger partial charge in [0.1, 0.15) is 0 Å². The Bertz CT molecular complexity index is 387. The second-order valence-corrected chi connectivity index (χ2v) is 6.80. The van der Waals surface area contributed by atoms with Crippen molar-refractivity contribution in [2.45, 2.75) is 51.9 Å². The minimum absolute atomic E-state index is 0.0264.